The van der Waals surface area contributed by atoms with Crippen molar-refractivity contribution in [2.75, 3.05) is 5.32 Å². The summed E-state index contributed by atoms with van der Waals surface area (Å²) in [5, 5.41) is 2.05. The topological polar surface area (TPSA) is 90.9 Å². The number of imidazole rings is 1. The molecule has 0 fully saturated rings. The van der Waals surface area contributed by atoms with Crippen molar-refractivity contribution < 1.29 is 26.7 Å². The van der Waals surface area contributed by atoms with Gasteiger partial charge in [0.25, 0.3) is 5.56 Å². The lowest BCUT2D eigenvalue weighted by atomic mass is 10.1. The number of alkyl halides is 3. The number of nitrogens with one attached hydrogen (secondary N) is 1. The van der Waals surface area contributed by atoms with Crippen molar-refractivity contribution in [1.82, 2.24) is 18.7 Å². The van der Waals surface area contributed by atoms with E-state index in [-0.39, 0.29) is 11.2 Å². The average molecular weight is 417 g/mol. The Bertz CT molecular complexity index is 1230. The maximum atomic E-state index is 13.6. The molecule has 3 aromatic rings. The number of anilines is 1. The van der Waals surface area contributed by atoms with Crippen LogP contribution in [0.1, 0.15) is 5.56 Å². The summed E-state index contributed by atoms with van der Waals surface area (Å²) in [5.41, 5.74) is -4.02. The van der Waals surface area contributed by atoms with Crippen LogP contribution in [0.2, 0.25) is 0 Å². The quantitative estimate of drug-likeness (QED) is 0.652. The second-order valence-corrected chi connectivity index (χ2v) is 6.11. The Morgan fingerprint density at radius 3 is 2.24 bits per heavy atom. The first-order chi connectivity index (χ1) is 13.4. The summed E-state index contributed by atoms with van der Waals surface area (Å²) in [6.07, 6.45) is -4.12. The monoisotopic (exact) mass is 417 g/mol. The summed E-state index contributed by atoms with van der Waals surface area (Å²) in [6.45, 7) is -0.547. The van der Waals surface area contributed by atoms with Crippen molar-refractivity contribution in [1.29, 1.82) is 0 Å². The third-order valence-electron chi connectivity index (χ3n) is 4.14. The van der Waals surface area contributed by atoms with Gasteiger partial charge in [-0.05, 0) is 12.1 Å². The summed E-state index contributed by atoms with van der Waals surface area (Å²) >= 11 is 0. The third-order valence-corrected chi connectivity index (χ3v) is 4.14. The van der Waals surface area contributed by atoms with Gasteiger partial charge in [-0.1, -0.05) is 0 Å². The second kappa shape index (κ2) is 6.83. The molecule has 0 radical (unpaired) electrons. The van der Waals surface area contributed by atoms with Gasteiger partial charge in [-0.25, -0.2) is 18.6 Å². The van der Waals surface area contributed by atoms with Crippen LogP contribution in [-0.2, 0) is 31.6 Å². The van der Waals surface area contributed by atoms with E-state index in [1.54, 1.807) is 0 Å². The van der Waals surface area contributed by atoms with Gasteiger partial charge in [0, 0.05) is 19.8 Å². The van der Waals surface area contributed by atoms with Crippen LogP contribution in [0.5, 0.6) is 0 Å². The highest BCUT2D eigenvalue weighted by Crippen LogP contribution is 2.34. The first-order valence-corrected chi connectivity index (χ1v) is 7.88. The summed E-state index contributed by atoms with van der Waals surface area (Å²) < 4.78 is 68.0. The molecule has 3 rings (SSSR count). The molecule has 0 atom stereocenters. The van der Waals surface area contributed by atoms with Crippen LogP contribution < -0.4 is 16.6 Å². The molecule has 29 heavy (non-hydrogen) atoms. The first-order valence-electron chi connectivity index (χ1n) is 7.88. The van der Waals surface area contributed by atoms with Crippen molar-refractivity contribution in [3.05, 3.63) is 56.5 Å². The van der Waals surface area contributed by atoms with Crippen molar-refractivity contribution in [3.8, 4) is 0 Å². The number of carbonyl (C=O) groups excluding carboxylic acids is 1. The van der Waals surface area contributed by atoms with Gasteiger partial charge in [0.2, 0.25) is 5.91 Å². The lowest BCUT2D eigenvalue weighted by Crippen LogP contribution is -2.37. The van der Waals surface area contributed by atoms with Gasteiger partial charge >= 0.3 is 11.9 Å². The molecule has 0 spiro atoms. The third kappa shape index (κ3) is 3.50. The number of hydrogen-bond acceptors (Lipinski definition) is 4. The number of aryl methyl sites for hydroxylation is 1. The molecule has 0 unspecified atom stereocenters. The number of carbonyl (C=O) groups is 1. The van der Waals surface area contributed by atoms with Gasteiger partial charge in [-0.15, -0.1) is 0 Å². The summed E-state index contributed by atoms with van der Waals surface area (Å²) in [4.78, 5) is 40.2. The molecule has 1 aromatic carbocycles. The molecule has 0 aliphatic heterocycles. The fourth-order valence-electron chi connectivity index (χ4n) is 2.79. The first kappa shape index (κ1) is 20.2. The molecule has 13 heteroatoms. The predicted molar refractivity (Wildman–Crippen MR) is 90.2 cm³/mol. The maximum absolute atomic E-state index is 13.6. The zero-order valence-electron chi connectivity index (χ0n) is 14.8. The zero-order chi connectivity index (χ0) is 21.7. The van der Waals surface area contributed by atoms with Gasteiger partial charge in [-0.3, -0.25) is 18.7 Å². The van der Waals surface area contributed by atoms with Crippen LogP contribution in [0, 0.1) is 11.6 Å². The average Bonchev–Trinajstić information content (AvgIpc) is 2.99. The van der Waals surface area contributed by atoms with Crippen LogP contribution in [0.4, 0.5) is 27.6 Å². The standard InChI is InChI=1S/C16H12F5N5O3/c1-24-13-12(14(28)25(2)15(24)29)26(6-22-13)5-10(27)23-7-3-8(17)11(9(18)4-7)16(19,20)21/h3-4,6H,5H2,1-2H3,(H,23,27). The number of fused-ring (bicyclic) bond motifs is 1. The number of nitrogens with zero attached hydrogens (tertiary/aromatic N) is 4. The number of amides is 1. The molecule has 154 valence electrons. The molecule has 0 saturated carbocycles. The minimum Gasteiger partial charge on any atom is -0.324 e. The molecular formula is C16H12F5N5O3. The minimum absolute atomic E-state index is 0.0116. The van der Waals surface area contributed by atoms with Crippen LogP contribution in [0.25, 0.3) is 11.2 Å². The van der Waals surface area contributed by atoms with Gasteiger partial charge in [0.05, 0.1) is 6.33 Å². The largest absolute Gasteiger partial charge is 0.422 e. The summed E-state index contributed by atoms with van der Waals surface area (Å²) in [6, 6.07) is 0.664. The van der Waals surface area contributed by atoms with E-state index in [9.17, 15) is 36.3 Å². The Labute approximate surface area is 157 Å². The highest BCUT2D eigenvalue weighted by molar-refractivity contribution is 5.91. The van der Waals surface area contributed by atoms with Crippen LogP contribution in [-0.4, -0.2) is 24.6 Å². The van der Waals surface area contributed by atoms with Crippen molar-refractivity contribution >= 4 is 22.8 Å². The smallest absolute Gasteiger partial charge is 0.324 e. The van der Waals surface area contributed by atoms with E-state index >= 15 is 0 Å². The number of rotatable bonds is 3. The highest BCUT2D eigenvalue weighted by atomic mass is 19.4. The van der Waals surface area contributed by atoms with Gasteiger partial charge in [-0.2, -0.15) is 13.2 Å². The van der Waals surface area contributed by atoms with Crippen molar-refractivity contribution in [2.24, 2.45) is 14.1 Å². The van der Waals surface area contributed by atoms with Gasteiger partial charge in [0.15, 0.2) is 11.2 Å². The molecule has 2 aromatic heterocycles. The lowest BCUT2D eigenvalue weighted by Gasteiger charge is -2.12. The molecule has 1 N–H and O–H groups in total. The Balaban J connectivity index is 1.91. The molecular weight excluding hydrogens is 405 g/mol. The minimum atomic E-state index is -5.23. The number of aromatic nitrogens is 4. The number of hydrogen-bond donors (Lipinski definition) is 1. The van der Waals surface area contributed by atoms with E-state index in [2.05, 4.69) is 10.3 Å². The predicted octanol–water partition coefficient (Wildman–Crippen LogP) is 1.37. The van der Waals surface area contributed by atoms with Gasteiger partial charge in [0.1, 0.15) is 23.7 Å². The van der Waals surface area contributed by atoms with Crippen LogP contribution >= 0.6 is 0 Å². The Hall–Kier alpha value is -3.51. The van der Waals surface area contributed by atoms with E-state index in [1.165, 1.54) is 14.1 Å². The zero-order valence-corrected chi connectivity index (χ0v) is 14.8. The fraction of sp³-hybridized carbons (Fsp3) is 0.250. The summed E-state index contributed by atoms with van der Waals surface area (Å²) in [5.74, 6) is -4.66. The second-order valence-electron chi connectivity index (χ2n) is 6.11. The molecule has 0 aliphatic carbocycles. The van der Waals surface area contributed by atoms with E-state index in [0.717, 1.165) is 20.0 Å². The lowest BCUT2D eigenvalue weighted by molar-refractivity contribution is -0.142. The SMILES string of the molecule is Cn1c(=O)c2c(ncn2CC(=O)Nc2cc(F)c(C(F)(F)F)c(F)c2)n(C)c1=O. The molecule has 0 aliphatic rings. The Kier molecular flexibility index (Phi) is 4.76. The maximum Gasteiger partial charge on any atom is 0.422 e. The van der Waals surface area contributed by atoms with E-state index in [1.807, 2.05) is 0 Å². The number of benzene rings is 1. The van der Waals surface area contributed by atoms with E-state index in [4.69, 9.17) is 0 Å². The summed E-state index contributed by atoms with van der Waals surface area (Å²) in [7, 11) is 2.60. The molecule has 1 amide bonds. The molecule has 0 saturated heterocycles. The molecule has 8 nitrogen and oxygen atoms in total. The van der Waals surface area contributed by atoms with E-state index in [0.29, 0.717) is 12.1 Å². The number of halogens is 5. The highest BCUT2D eigenvalue weighted by Gasteiger charge is 2.38. The van der Waals surface area contributed by atoms with Crippen molar-refractivity contribution in [3.63, 3.8) is 0 Å². The molecule has 0 bridgehead atoms. The Morgan fingerprint density at radius 2 is 1.69 bits per heavy atom. The fourth-order valence-corrected chi connectivity index (χ4v) is 2.79. The van der Waals surface area contributed by atoms with E-state index < -0.39 is 52.8 Å². The van der Waals surface area contributed by atoms with Crippen LogP contribution in [0.15, 0.2) is 28.0 Å². The Morgan fingerprint density at radius 1 is 1.10 bits per heavy atom. The van der Waals surface area contributed by atoms with Crippen LogP contribution in [0.3, 0.4) is 0 Å². The molecule has 2 heterocycles. The van der Waals surface area contributed by atoms with Gasteiger partial charge < -0.3 is 9.88 Å². The normalized spacial score (nSPS) is 11.8. The van der Waals surface area contributed by atoms with Crippen molar-refractivity contribution in [2.45, 2.75) is 12.7 Å².